The number of methoxy groups -OCH3 is 1. The summed E-state index contributed by atoms with van der Waals surface area (Å²) in [4.78, 5) is 23.5. The third-order valence-electron chi connectivity index (χ3n) is 2.66. The van der Waals surface area contributed by atoms with Crippen LogP contribution in [0, 0.1) is 0 Å². The first-order valence-corrected chi connectivity index (χ1v) is 6.80. The standard InChI is InChI=1S/C13H23F3N2O3/c1-10(2)17-7-4-5-11(19)18(9-13(14,15)16)8-6-12(20)21-3/h10,17H,4-9H2,1-3H3. The molecule has 0 spiro atoms. The number of rotatable bonds is 9. The van der Waals surface area contributed by atoms with Crippen molar-refractivity contribution in [2.75, 3.05) is 26.7 Å². The lowest BCUT2D eigenvalue weighted by Gasteiger charge is -2.23. The fourth-order valence-corrected chi connectivity index (χ4v) is 1.63. The zero-order valence-electron chi connectivity index (χ0n) is 12.6. The van der Waals surface area contributed by atoms with Gasteiger partial charge in [-0.25, -0.2) is 0 Å². The van der Waals surface area contributed by atoms with Crippen LogP contribution in [0.25, 0.3) is 0 Å². The highest BCUT2D eigenvalue weighted by atomic mass is 19.4. The third kappa shape index (κ3) is 11.1. The number of nitrogens with zero attached hydrogens (tertiary/aromatic N) is 1. The molecule has 0 bridgehead atoms. The van der Waals surface area contributed by atoms with Crippen LogP contribution in [-0.2, 0) is 14.3 Å². The van der Waals surface area contributed by atoms with Crippen LogP contribution in [0.15, 0.2) is 0 Å². The number of halogens is 3. The molecular formula is C13H23F3N2O3. The average molecular weight is 312 g/mol. The van der Waals surface area contributed by atoms with E-state index in [0.29, 0.717) is 17.9 Å². The monoisotopic (exact) mass is 312 g/mol. The van der Waals surface area contributed by atoms with Crippen LogP contribution in [0.2, 0.25) is 0 Å². The first kappa shape index (κ1) is 19.7. The largest absolute Gasteiger partial charge is 0.469 e. The third-order valence-corrected chi connectivity index (χ3v) is 2.66. The lowest BCUT2D eigenvalue weighted by molar-refractivity contribution is -0.162. The first-order valence-electron chi connectivity index (χ1n) is 6.80. The van der Waals surface area contributed by atoms with Crippen molar-refractivity contribution < 1.29 is 27.5 Å². The van der Waals surface area contributed by atoms with Crippen molar-refractivity contribution in [2.24, 2.45) is 0 Å². The number of nitrogens with one attached hydrogen (secondary N) is 1. The van der Waals surface area contributed by atoms with Gasteiger partial charge in [0.2, 0.25) is 5.91 Å². The molecule has 0 aromatic rings. The summed E-state index contributed by atoms with van der Waals surface area (Å²) >= 11 is 0. The highest BCUT2D eigenvalue weighted by molar-refractivity contribution is 5.77. The SMILES string of the molecule is COC(=O)CCN(CC(F)(F)F)C(=O)CCCNC(C)C. The van der Waals surface area contributed by atoms with Crippen molar-refractivity contribution >= 4 is 11.9 Å². The van der Waals surface area contributed by atoms with Gasteiger partial charge in [-0.3, -0.25) is 9.59 Å². The van der Waals surface area contributed by atoms with Gasteiger partial charge in [-0.2, -0.15) is 13.2 Å². The van der Waals surface area contributed by atoms with E-state index in [-0.39, 0.29) is 25.4 Å². The smallest absolute Gasteiger partial charge is 0.406 e. The van der Waals surface area contributed by atoms with E-state index in [1.54, 1.807) is 0 Å². The Bertz CT molecular complexity index is 333. The molecule has 0 aliphatic carbocycles. The maximum atomic E-state index is 12.4. The summed E-state index contributed by atoms with van der Waals surface area (Å²) in [6.07, 6.45) is -4.27. The predicted molar refractivity (Wildman–Crippen MR) is 71.6 cm³/mol. The molecule has 5 nitrogen and oxygen atoms in total. The molecule has 0 fully saturated rings. The lowest BCUT2D eigenvalue weighted by atomic mass is 10.2. The lowest BCUT2D eigenvalue weighted by Crippen LogP contribution is -2.40. The number of alkyl halides is 3. The molecule has 0 saturated carbocycles. The van der Waals surface area contributed by atoms with Gasteiger partial charge in [0.15, 0.2) is 0 Å². The van der Waals surface area contributed by atoms with Gasteiger partial charge in [-0.15, -0.1) is 0 Å². The number of ether oxygens (including phenoxy) is 1. The molecule has 0 aliphatic rings. The summed E-state index contributed by atoms with van der Waals surface area (Å²) in [5.74, 6) is -1.25. The van der Waals surface area contributed by atoms with E-state index >= 15 is 0 Å². The number of hydrogen-bond donors (Lipinski definition) is 1. The molecule has 21 heavy (non-hydrogen) atoms. The number of carbonyl (C=O) groups is 2. The van der Waals surface area contributed by atoms with Crippen LogP contribution in [0.1, 0.15) is 33.1 Å². The van der Waals surface area contributed by atoms with Gasteiger partial charge < -0.3 is 15.0 Å². The second kappa shape index (κ2) is 9.59. The van der Waals surface area contributed by atoms with Crippen molar-refractivity contribution in [2.45, 2.75) is 45.3 Å². The summed E-state index contributed by atoms with van der Waals surface area (Å²) in [6, 6.07) is 0.255. The zero-order chi connectivity index (χ0) is 16.5. The summed E-state index contributed by atoms with van der Waals surface area (Å²) < 4.78 is 41.7. The molecule has 0 unspecified atom stereocenters. The highest BCUT2D eigenvalue weighted by Gasteiger charge is 2.32. The fourth-order valence-electron chi connectivity index (χ4n) is 1.63. The van der Waals surface area contributed by atoms with E-state index < -0.39 is 24.6 Å². The van der Waals surface area contributed by atoms with Gasteiger partial charge in [0.05, 0.1) is 13.5 Å². The quantitative estimate of drug-likeness (QED) is 0.520. The maximum Gasteiger partial charge on any atom is 0.406 e. The summed E-state index contributed by atoms with van der Waals surface area (Å²) in [6.45, 7) is 2.80. The molecule has 0 aromatic heterocycles. The topological polar surface area (TPSA) is 58.6 Å². The van der Waals surface area contributed by atoms with E-state index in [1.807, 2.05) is 13.8 Å². The molecule has 0 aromatic carbocycles. The Morgan fingerprint density at radius 2 is 1.86 bits per heavy atom. The predicted octanol–water partition coefficient (Wildman–Crippen LogP) is 1.72. The molecule has 1 N–H and O–H groups in total. The first-order chi connectivity index (χ1) is 9.65. The van der Waals surface area contributed by atoms with Crippen molar-refractivity contribution in [3.63, 3.8) is 0 Å². The van der Waals surface area contributed by atoms with Gasteiger partial charge in [0.25, 0.3) is 0 Å². The molecule has 124 valence electrons. The van der Waals surface area contributed by atoms with Crippen LogP contribution < -0.4 is 5.32 Å². The molecule has 0 radical (unpaired) electrons. The molecule has 0 atom stereocenters. The fraction of sp³-hybridized carbons (Fsp3) is 0.846. The highest BCUT2D eigenvalue weighted by Crippen LogP contribution is 2.17. The van der Waals surface area contributed by atoms with Crippen LogP contribution in [0.4, 0.5) is 13.2 Å². The summed E-state index contributed by atoms with van der Waals surface area (Å²) in [7, 11) is 1.15. The normalized spacial score (nSPS) is 11.6. The molecule has 0 rings (SSSR count). The van der Waals surface area contributed by atoms with E-state index in [1.165, 1.54) is 0 Å². The minimum atomic E-state index is -4.48. The van der Waals surface area contributed by atoms with E-state index in [0.717, 1.165) is 7.11 Å². The van der Waals surface area contributed by atoms with Gasteiger partial charge in [-0.05, 0) is 13.0 Å². The molecule has 1 amide bonds. The number of carbonyl (C=O) groups excluding carboxylic acids is 2. The van der Waals surface area contributed by atoms with Gasteiger partial charge in [-0.1, -0.05) is 13.8 Å². The maximum absolute atomic E-state index is 12.4. The van der Waals surface area contributed by atoms with Gasteiger partial charge in [0.1, 0.15) is 6.54 Å². The van der Waals surface area contributed by atoms with Crippen molar-refractivity contribution in [3.05, 3.63) is 0 Å². The van der Waals surface area contributed by atoms with E-state index in [9.17, 15) is 22.8 Å². The van der Waals surface area contributed by atoms with Crippen LogP contribution in [0.3, 0.4) is 0 Å². The molecule has 0 heterocycles. The van der Waals surface area contributed by atoms with Crippen LogP contribution >= 0.6 is 0 Å². The van der Waals surface area contributed by atoms with Gasteiger partial charge >= 0.3 is 12.1 Å². The molecule has 0 saturated heterocycles. The van der Waals surface area contributed by atoms with Crippen molar-refractivity contribution in [3.8, 4) is 0 Å². The second-order valence-electron chi connectivity index (χ2n) is 4.97. The van der Waals surface area contributed by atoms with Crippen LogP contribution in [-0.4, -0.2) is 55.7 Å². The average Bonchev–Trinajstić information content (AvgIpc) is 2.37. The Labute approximate surface area is 122 Å². The summed E-state index contributed by atoms with van der Waals surface area (Å²) in [5.41, 5.74) is 0. The Kier molecular flexibility index (Phi) is 9.00. The molecule has 8 heteroatoms. The number of amides is 1. The zero-order valence-corrected chi connectivity index (χ0v) is 12.6. The number of hydrogen-bond acceptors (Lipinski definition) is 4. The van der Waals surface area contributed by atoms with E-state index in [4.69, 9.17) is 0 Å². The minimum absolute atomic E-state index is 0.0109. The Morgan fingerprint density at radius 1 is 1.24 bits per heavy atom. The van der Waals surface area contributed by atoms with Crippen LogP contribution in [0.5, 0.6) is 0 Å². The minimum Gasteiger partial charge on any atom is -0.469 e. The Hall–Kier alpha value is -1.31. The van der Waals surface area contributed by atoms with Crippen molar-refractivity contribution in [1.82, 2.24) is 10.2 Å². The van der Waals surface area contributed by atoms with Gasteiger partial charge in [0, 0.05) is 19.0 Å². The number of esters is 1. The molecule has 0 aliphatic heterocycles. The van der Waals surface area contributed by atoms with E-state index in [2.05, 4.69) is 10.1 Å². The second-order valence-corrected chi connectivity index (χ2v) is 4.97. The molecular weight excluding hydrogens is 289 g/mol. The van der Waals surface area contributed by atoms with Crippen molar-refractivity contribution in [1.29, 1.82) is 0 Å². The summed E-state index contributed by atoms with van der Waals surface area (Å²) in [5, 5.41) is 3.08. The Balaban J connectivity index is 4.35. The Morgan fingerprint density at radius 3 is 2.33 bits per heavy atom.